The zero-order valence-corrected chi connectivity index (χ0v) is 14.2. The summed E-state index contributed by atoms with van der Waals surface area (Å²) in [6.07, 6.45) is 0.471. The van der Waals surface area contributed by atoms with Gasteiger partial charge in [0.15, 0.2) is 0 Å². The van der Waals surface area contributed by atoms with E-state index in [1.165, 1.54) is 13.0 Å². The van der Waals surface area contributed by atoms with Crippen LogP contribution in [0, 0.1) is 0 Å². The van der Waals surface area contributed by atoms with Crippen molar-refractivity contribution in [2.45, 2.75) is 23.5 Å². The summed E-state index contributed by atoms with van der Waals surface area (Å²) in [7, 11) is -3.98. The van der Waals surface area contributed by atoms with Gasteiger partial charge in [0.05, 0.1) is 13.1 Å². The van der Waals surface area contributed by atoms with Crippen LogP contribution < -0.4 is 15.8 Å². The standard InChI is InChI=1S/C11H17F2N3O3S2.ClH/c1-8(17)15-5-4-9-2-3-10(20-9)21(18,19)16-7-11(12,13)6-14;/h2-3,16H,4-7,14H2,1H3,(H,15,17);1H. The van der Waals surface area contributed by atoms with Gasteiger partial charge in [-0.05, 0) is 18.6 Å². The maximum Gasteiger partial charge on any atom is 0.273 e. The molecule has 1 heterocycles. The fourth-order valence-corrected chi connectivity index (χ4v) is 3.80. The molecule has 22 heavy (non-hydrogen) atoms. The van der Waals surface area contributed by atoms with E-state index in [-0.39, 0.29) is 22.5 Å². The van der Waals surface area contributed by atoms with Gasteiger partial charge in [0.1, 0.15) is 4.21 Å². The number of rotatable bonds is 8. The molecule has 0 aromatic carbocycles. The van der Waals surface area contributed by atoms with Crippen molar-refractivity contribution >= 4 is 39.7 Å². The number of hydrogen-bond donors (Lipinski definition) is 3. The van der Waals surface area contributed by atoms with Crippen molar-refractivity contribution in [2.24, 2.45) is 5.73 Å². The fourth-order valence-electron chi connectivity index (χ4n) is 1.34. The number of alkyl halides is 2. The van der Waals surface area contributed by atoms with Gasteiger partial charge in [0.2, 0.25) is 15.9 Å². The number of nitrogens with one attached hydrogen (secondary N) is 2. The molecule has 0 aliphatic heterocycles. The lowest BCUT2D eigenvalue weighted by molar-refractivity contribution is -0.118. The maximum atomic E-state index is 13.0. The smallest absolute Gasteiger partial charge is 0.273 e. The fraction of sp³-hybridized carbons (Fsp3) is 0.545. The van der Waals surface area contributed by atoms with Gasteiger partial charge in [-0.25, -0.2) is 21.9 Å². The molecule has 0 saturated heterocycles. The van der Waals surface area contributed by atoms with E-state index in [4.69, 9.17) is 5.73 Å². The largest absolute Gasteiger partial charge is 0.356 e. The Morgan fingerprint density at radius 3 is 2.59 bits per heavy atom. The van der Waals surface area contributed by atoms with Crippen LogP contribution in [-0.4, -0.2) is 39.9 Å². The van der Waals surface area contributed by atoms with Crippen molar-refractivity contribution < 1.29 is 22.0 Å². The molecular weight excluding hydrogens is 360 g/mol. The molecule has 6 nitrogen and oxygen atoms in total. The van der Waals surface area contributed by atoms with Gasteiger partial charge in [0.25, 0.3) is 5.92 Å². The third kappa shape index (κ3) is 6.97. The number of carbonyl (C=O) groups excluding carboxylic acids is 1. The maximum absolute atomic E-state index is 13.0. The van der Waals surface area contributed by atoms with Crippen LogP contribution in [0.2, 0.25) is 0 Å². The first-order valence-electron chi connectivity index (χ1n) is 6.07. The first-order valence-corrected chi connectivity index (χ1v) is 8.37. The van der Waals surface area contributed by atoms with E-state index in [1.807, 2.05) is 4.72 Å². The SMILES string of the molecule is CC(=O)NCCc1ccc(S(=O)(=O)NCC(F)(F)CN)s1.Cl. The van der Waals surface area contributed by atoms with Gasteiger partial charge in [-0.2, -0.15) is 0 Å². The molecular formula is C11H18ClF2N3O3S2. The molecule has 0 fully saturated rings. The molecule has 4 N–H and O–H groups in total. The topological polar surface area (TPSA) is 101 Å². The molecule has 0 spiro atoms. The van der Waals surface area contributed by atoms with Crippen molar-refractivity contribution in [1.82, 2.24) is 10.0 Å². The molecule has 0 aliphatic rings. The lowest BCUT2D eigenvalue weighted by Gasteiger charge is -2.13. The molecule has 11 heteroatoms. The second kappa shape index (κ2) is 8.73. The molecule has 1 aromatic heterocycles. The molecule has 1 amide bonds. The van der Waals surface area contributed by atoms with Crippen LogP contribution in [0.4, 0.5) is 8.78 Å². The Morgan fingerprint density at radius 2 is 2.05 bits per heavy atom. The minimum Gasteiger partial charge on any atom is -0.356 e. The number of carbonyl (C=O) groups is 1. The average Bonchev–Trinajstić information content (AvgIpc) is 2.86. The van der Waals surface area contributed by atoms with Crippen LogP contribution in [-0.2, 0) is 21.2 Å². The average molecular weight is 378 g/mol. The molecule has 0 radical (unpaired) electrons. The normalized spacial score (nSPS) is 11.8. The number of thiophene rings is 1. The molecule has 1 rings (SSSR count). The van der Waals surface area contributed by atoms with Gasteiger partial charge in [0, 0.05) is 18.3 Å². The van der Waals surface area contributed by atoms with E-state index in [2.05, 4.69) is 5.32 Å². The van der Waals surface area contributed by atoms with E-state index < -0.39 is 29.0 Å². The molecule has 0 unspecified atom stereocenters. The minimum absolute atomic E-state index is 0. The lowest BCUT2D eigenvalue weighted by atomic mass is 10.3. The molecule has 0 saturated carbocycles. The summed E-state index contributed by atoms with van der Waals surface area (Å²) in [5.41, 5.74) is 4.84. The first kappa shape index (κ1) is 21.2. The summed E-state index contributed by atoms with van der Waals surface area (Å²) in [6, 6.07) is 2.93. The van der Waals surface area contributed by atoms with E-state index >= 15 is 0 Å². The Bertz CT molecular complexity index is 593. The van der Waals surface area contributed by atoms with Crippen molar-refractivity contribution in [3.05, 3.63) is 17.0 Å². The summed E-state index contributed by atoms with van der Waals surface area (Å²) in [5, 5.41) is 2.58. The van der Waals surface area contributed by atoms with Crippen LogP contribution >= 0.6 is 23.7 Å². The molecule has 128 valence electrons. The summed E-state index contributed by atoms with van der Waals surface area (Å²) >= 11 is 0.972. The van der Waals surface area contributed by atoms with Gasteiger partial charge in [-0.15, -0.1) is 23.7 Å². The van der Waals surface area contributed by atoms with Crippen LogP contribution in [0.3, 0.4) is 0 Å². The lowest BCUT2D eigenvalue weighted by Crippen LogP contribution is -2.41. The summed E-state index contributed by atoms with van der Waals surface area (Å²) in [5.74, 6) is -3.46. The van der Waals surface area contributed by atoms with Gasteiger partial charge in [-0.1, -0.05) is 0 Å². The minimum atomic E-state index is -3.98. The molecule has 0 atom stereocenters. The quantitative estimate of drug-likeness (QED) is 0.621. The first-order chi connectivity index (χ1) is 9.66. The predicted molar refractivity (Wildman–Crippen MR) is 83.1 cm³/mol. The molecule has 0 aliphatic carbocycles. The number of sulfonamides is 1. The monoisotopic (exact) mass is 377 g/mol. The van der Waals surface area contributed by atoms with Crippen molar-refractivity contribution in [3.63, 3.8) is 0 Å². The van der Waals surface area contributed by atoms with Crippen molar-refractivity contribution in [3.8, 4) is 0 Å². The highest BCUT2D eigenvalue weighted by Crippen LogP contribution is 2.22. The van der Waals surface area contributed by atoms with Gasteiger partial charge >= 0.3 is 0 Å². The van der Waals surface area contributed by atoms with Crippen molar-refractivity contribution in [2.75, 3.05) is 19.6 Å². The van der Waals surface area contributed by atoms with Gasteiger partial charge in [-0.3, -0.25) is 4.79 Å². The Kier molecular flexibility index (Phi) is 8.40. The number of hydrogen-bond acceptors (Lipinski definition) is 5. The molecule has 0 bridgehead atoms. The van der Waals surface area contributed by atoms with E-state index in [0.717, 1.165) is 16.2 Å². The highest BCUT2D eigenvalue weighted by atomic mass is 35.5. The van der Waals surface area contributed by atoms with Crippen LogP contribution in [0.25, 0.3) is 0 Å². The van der Waals surface area contributed by atoms with Crippen LogP contribution in [0.5, 0.6) is 0 Å². The van der Waals surface area contributed by atoms with E-state index in [9.17, 15) is 22.0 Å². The zero-order chi connectivity index (χ0) is 16.1. The van der Waals surface area contributed by atoms with E-state index in [0.29, 0.717) is 13.0 Å². The van der Waals surface area contributed by atoms with Crippen molar-refractivity contribution in [1.29, 1.82) is 0 Å². The number of halogens is 3. The highest BCUT2D eigenvalue weighted by molar-refractivity contribution is 7.91. The Balaban J connectivity index is 0.00000441. The Morgan fingerprint density at radius 1 is 1.41 bits per heavy atom. The van der Waals surface area contributed by atoms with Crippen LogP contribution in [0.15, 0.2) is 16.3 Å². The third-order valence-electron chi connectivity index (χ3n) is 2.47. The van der Waals surface area contributed by atoms with Crippen LogP contribution in [0.1, 0.15) is 11.8 Å². The third-order valence-corrected chi connectivity index (χ3v) is 5.50. The van der Waals surface area contributed by atoms with E-state index in [1.54, 1.807) is 6.07 Å². The highest BCUT2D eigenvalue weighted by Gasteiger charge is 2.29. The summed E-state index contributed by atoms with van der Waals surface area (Å²) < 4.78 is 51.4. The Hall–Kier alpha value is -0.810. The number of amides is 1. The zero-order valence-electron chi connectivity index (χ0n) is 11.8. The second-order valence-electron chi connectivity index (χ2n) is 4.34. The second-order valence-corrected chi connectivity index (χ2v) is 7.50. The number of nitrogens with two attached hydrogens (primary N) is 1. The summed E-state index contributed by atoms with van der Waals surface area (Å²) in [6.45, 7) is -0.202. The molecule has 1 aromatic rings. The summed E-state index contributed by atoms with van der Waals surface area (Å²) in [4.78, 5) is 11.4. The predicted octanol–water partition coefficient (Wildman–Crippen LogP) is 0.721. The Labute approximate surface area is 137 Å². The van der Waals surface area contributed by atoms with Gasteiger partial charge < -0.3 is 11.1 Å².